The Labute approximate surface area is 83.1 Å². The van der Waals surface area contributed by atoms with E-state index in [-0.39, 0.29) is 11.6 Å². The molecule has 14 heavy (non-hydrogen) atoms. The molecule has 0 spiro atoms. The van der Waals surface area contributed by atoms with Crippen LogP contribution in [0.3, 0.4) is 0 Å². The molecule has 0 saturated heterocycles. The summed E-state index contributed by atoms with van der Waals surface area (Å²) in [6.45, 7) is 0.569. The molecule has 0 fully saturated rings. The second-order valence-corrected chi connectivity index (χ2v) is 2.65. The quantitative estimate of drug-likeness (QED) is 0.717. The summed E-state index contributed by atoms with van der Waals surface area (Å²) in [5.74, 6) is 5.49. The number of nitrogens with one attached hydrogen (secondary N) is 1. The van der Waals surface area contributed by atoms with Crippen molar-refractivity contribution in [3.05, 3.63) is 29.6 Å². The van der Waals surface area contributed by atoms with Crippen LogP contribution in [0.15, 0.2) is 18.2 Å². The lowest BCUT2D eigenvalue weighted by Crippen LogP contribution is -2.04. The lowest BCUT2D eigenvalue weighted by atomic mass is 10.2. The van der Waals surface area contributed by atoms with Crippen LogP contribution < -0.4 is 10.1 Å². The van der Waals surface area contributed by atoms with Crippen molar-refractivity contribution in [1.82, 2.24) is 5.32 Å². The second-order valence-electron chi connectivity index (χ2n) is 2.65. The molecule has 1 N–H and O–H groups in total. The van der Waals surface area contributed by atoms with Crippen LogP contribution >= 0.6 is 0 Å². The first-order valence-corrected chi connectivity index (χ1v) is 4.25. The molecule has 3 heteroatoms. The van der Waals surface area contributed by atoms with Crippen LogP contribution in [0.2, 0.25) is 0 Å². The average Bonchev–Trinajstić information content (AvgIpc) is 2.18. The monoisotopic (exact) mass is 193 g/mol. The van der Waals surface area contributed by atoms with Gasteiger partial charge in [-0.05, 0) is 19.2 Å². The van der Waals surface area contributed by atoms with Crippen molar-refractivity contribution < 1.29 is 9.13 Å². The van der Waals surface area contributed by atoms with E-state index in [1.54, 1.807) is 19.2 Å². The van der Waals surface area contributed by atoms with Gasteiger partial charge in [0, 0.05) is 0 Å². The Kier molecular flexibility index (Phi) is 3.96. The zero-order valence-corrected chi connectivity index (χ0v) is 8.23. The number of rotatable bonds is 2. The maximum absolute atomic E-state index is 13.2. The number of ether oxygens (including phenoxy) is 1. The van der Waals surface area contributed by atoms with Crippen LogP contribution in [0.5, 0.6) is 5.75 Å². The van der Waals surface area contributed by atoms with Crippen molar-refractivity contribution in [3.8, 4) is 17.6 Å². The summed E-state index contributed by atoms with van der Waals surface area (Å²) in [5.41, 5.74) is 0.572. The number of benzene rings is 1. The summed E-state index contributed by atoms with van der Waals surface area (Å²) < 4.78 is 18.1. The highest BCUT2D eigenvalue weighted by molar-refractivity contribution is 5.46. The smallest absolute Gasteiger partial charge is 0.170 e. The Balaban J connectivity index is 2.98. The van der Waals surface area contributed by atoms with E-state index in [0.29, 0.717) is 12.1 Å². The van der Waals surface area contributed by atoms with Crippen LogP contribution in [0.4, 0.5) is 4.39 Å². The lowest BCUT2D eigenvalue weighted by molar-refractivity contribution is 0.385. The van der Waals surface area contributed by atoms with Crippen LogP contribution in [-0.2, 0) is 0 Å². The highest BCUT2D eigenvalue weighted by atomic mass is 19.1. The molecule has 2 nitrogen and oxygen atoms in total. The van der Waals surface area contributed by atoms with E-state index in [9.17, 15) is 4.39 Å². The van der Waals surface area contributed by atoms with Crippen molar-refractivity contribution in [2.45, 2.75) is 0 Å². The molecule has 0 saturated carbocycles. The molecule has 1 aromatic rings. The zero-order valence-electron chi connectivity index (χ0n) is 8.23. The van der Waals surface area contributed by atoms with E-state index in [0.717, 1.165) is 0 Å². The molecular formula is C11H12FNO. The molecular weight excluding hydrogens is 181 g/mol. The topological polar surface area (TPSA) is 21.3 Å². The average molecular weight is 193 g/mol. The Bertz CT molecular complexity index is 365. The standard InChI is InChI=1S/C11H12FNO/c1-13-8-4-6-9-5-3-7-10(12)11(9)14-2/h3,5,7,13H,8H2,1-2H3. The minimum atomic E-state index is -0.385. The van der Waals surface area contributed by atoms with Crippen LogP contribution in [0.25, 0.3) is 0 Å². The van der Waals surface area contributed by atoms with E-state index in [4.69, 9.17) is 4.74 Å². The molecule has 74 valence electrons. The van der Waals surface area contributed by atoms with E-state index < -0.39 is 0 Å². The van der Waals surface area contributed by atoms with Gasteiger partial charge in [0.15, 0.2) is 11.6 Å². The fourth-order valence-electron chi connectivity index (χ4n) is 1.04. The van der Waals surface area contributed by atoms with Crippen LogP contribution in [0, 0.1) is 17.7 Å². The summed E-state index contributed by atoms with van der Waals surface area (Å²) in [6.07, 6.45) is 0. The Morgan fingerprint density at radius 2 is 2.29 bits per heavy atom. The summed E-state index contributed by atoms with van der Waals surface area (Å²) in [4.78, 5) is 0. The number of hydrogen-bond donors (Lipinski definition) is 1. The van der Waals surface area contributed by atoms with E-state index in [2.05, 4.69) is 17.2 Å². The maximum atomic E-state index is 13.2. The number of hydrogen-bond acceptors (Lipinski definition) is 2. The van der Waals surface area contributed by atoms with Crippen molar-refractivity contribution in [1.29, 1.82) is 0 Å². The highest BCUT2D eigenvalue weighted by Gasteiger charge is 2.05. The fourth-order valence-corrected chi connectivity index (χ4v) is 1.04. The number of methoxy groups -OCH3 is 1. The molecule has 1 aromatic carbocycles. The van der Waals surface area contributed by atoms with Crippen molar-refractivity contribution in [3.63, 3.8) is 0 Å². The van der Waals surface area contributed by atoms with Gasteiger partial charge in [0.25, 0.3) is 0 Å². The van der Waals surface area contributed by atoms with Gasteiger partial charge in [-0.15, -0.1) is 0 Å². The second kappa shape index (κ2) is 5.25. The van der Waals surface area contributed by atoms with Gasteiger partial charge >= 0.3 is 0 Å². The molecule has 0 heterocycles. The van der Waals surface area contributed by atoms with E-state index in [1.807, 2.05) is 0 Å². The molecule has 0 aliphatic heterocycles. The largest absolute Gasteiger partial charge is 0.492 e. The normalized spacial score (nSPS) is 9.07. The molecule has 0 unspecified atom stereocenters. The molecule has 1 rings (SSSR count). The van der Waals surface area contributed by atoms with Crippen molar-refractivity contribution in [2.24, 2.45) is 0 Å². The van der Waals surface area contributed by atoms with Crippen molar-refractivity contribution in [2.75, 3.05) is 20.7 Å². The predicted octanol–water partition coefficient (Wildman–Crippen LogP) is 1.41. The molecule has 0 radical (unpaired) electrons. The molecule has 0 bridgehead atoms. The van der Waals surface area contributed by atoms with Crippen LogP contribution in [0.1, 0.15) is 5.56 Å². The first-order valence-electron chi connectivity index (χ1n) is 4.25. The van der Waals surface area contributed by atoms with Gasteiger partial charge in [0.2, 0.25) is 0 Å². The Hall–Kier alpha value is -1.53. The molecule has 0 aliphatic rings. The van der Waals surface area contributed by atoms with Gasteiger partial charge in [-0.25, -0.2) is 4.39 Å². The third-order valence-electron chi connectivity index (χ3n) is 1.66. The first kappa shape index (κ1) is 10.6. The SMILES string of the molecule is CNCC#Cc1cccc(F)c1OC. The molecule has 0 aliphatic carbocycles. The molecule has 0 amide bonds. The Morgan fingerprint density at radius 1 is 1.50 bits per heavy atom. The maximum Gasteiger partial charge on any atom is 0.170 e. The van der Waals surface area contributed by atoms with E-state index in [1.165, 1.54) is 13.2 Å². The van der Waals surface area contributed by atoms with Gasteiger partial charge in [-0.1, -0.05) is 17.9 Å². The number of halogens is 1. The number of para-hydroxylation sites is 1. The summed E-state index contributed by atoms with van der Waals surface area (Å²) in [5, 5.41) is 2.88. The van der Waals surface area contributed by atoms with E-state index >= 15 is 0 Å². The van der Waals surface area contributed by atoms with Gasteiger partial charge in [0.05, 0.1) is 19.2 Å². The minimum Gasteiger partial charge on any atom is -0.492 e. The predicted molar refractivity (Wildman–Crippen MR) is 53.8 cm³/mol. The highest BCUT2D eigenvalue weighted by Crippen LogP contribution is 2.20. The Morgan fingerprint density at radius 3 is 2.93 bits per heavy atom. The van der Waals surface area contributed by atoms with Crippen molar-refractivity contribution >= 4 is 0 Å². The lowest BCUT2D eigenvalue weighted by Gasteiger charge is -2.03. The minimum absolute atomic E-state index is 0.205. The third-order valence-corrected chi connectivity index (χ3v) is 1.66. The molecule has 0 atom stereocenters. The van der Waals surface area contributed by atoms with Gasteiger partial charge in [-0.3, -0.25) is 0 Å². The summed E-state index contributed by atoms with van der Waals surface area (Å²) >= 11 is 0. The summed E-state index contributed by atoms with van der Waals surface area (Å²) in [6, 6.07) is 4.69. The molecule has 0 aromatic heterocycles. The summed E-state index contributed by atoms with van der Waals surface area (Å²) in [7, 11) is 3.24. The zero-order chi connectivity index (χ0) is 10.4. The van der Waals surface area contributed by atoms with Gasteiger partial charge in [-0.2, -0.15) is 0 Å². The first-order chi connectivity index (χ1) is 6.79. The van der Waals surface area contributed by atoms with Gasteiger partial charge < -0.3 is 10.1 Å². The third kappa shape index (κ3) is 2.48. The van der Waals surface area contributed by atoms with Gasteiger partial charge in [0.1, 0.15) is 0 Å². The fraction of sp³-hybridized carbons (Fsp3) is 0.273. The van der Waals surface area contributed by atoms with Crippen LogP contribution in [-0.4, -0.2) is 20.7 Å².